The van der Waals surface area contributed by atoms with Crippen molar-refractivity contribution in [2.24, 2.45) is 0 Å². The zero-order chi connectivity index (χ0) is 14.5. The molecule has 0 spiro atoms. The molecule has 1 aromatic rings. The molecule has 0 fully saturated rings. The Morgan fingerprint density at radius 2 is 2.05 bits per heavy atom. The van der Waals surface area contributed by atoms with Crippen molar-refractivity contribution < 1.29 is 8.42 Å². The maximum Gasteiger partial charge on any atom is 0.241 e. The smallest absolute Gasteiger partial charge is 0.241 e. The zero-order valence-corrected chi connectivity index (χ0v) is 14.8. The number of hydrogen-bond donors (Lipinski definition) is 1. The highest BCUT2D eigenvalue weighted by Crippen LogP contribution is 2.29. The molecule has 0 aliphatic heterocycles. The molecule has 0 amide bonds. The molecule has 0 atom stereocenters. The number of halogens is 1. The number of rotatable bonds is 8. The molecule has 0 unspecified atom stereocenters. The Bertz CT molecular complexity index is 500. The van der Waals surface area contributed by atoms with Gasteiger partial charge < -0.3 is 4.90 Å². The number of aryl methyl sites for hydroxylation is 1. The Morgan fingerprint density at radius 1 is 1.37 bits per heavy atom. The third kappa shape index (κ3) is 5.15. The number of likely N-dealkylation sites (N-methyl/N-ethyl adjacent to an activating group) is 1. The van der Waals surface area contributed by atoms with E-state index in [1.807, 2.05) is 6.92 Å². The van der Waals surface area contributed by atoms with Gasteiger partial charge in [-0.25, -0.2) is 13.1 Å². The predicted molar refractivity (Wildman–Crippen MR) is 84.3 cm³/mol. The molecule has 0 bridgehead atoms. The average Bonchev–Trinajstić information content (AvgIpc) is 2.68. The maximum atomic E-state index is 12.2. The summed E-state index contributed by atoms with van der Waals surface area (Å²) in [7, 11) is -3.39. The first-order valence-corrected chi connectivity index (χ1v) is 9.48. The first kappa shape index (κ1) is 17.1. The maximum absolute atomic E-state index is 12.2. The van der Waals surface area contributed by atoms with Gasteiger partial charge >= 0.3 is 0 Å². The second-order valence-electron chi connectivity index (χ2n) is 4.30. The molecule has 0 aliphatic rings. The highest BCUT2D eigenvalue weighted by molar-refractivity contribution is 9.11. The van der Waals surface area contributed by atoms with E-state index in [2.05, 4.69) is 39.4 Å². The van der Waals surface area contributed by atoms with Crippen LogP contribution in [0.3, 0.4) is 0 Å². The largest absolute Gasteiger partial charge is 0.302 e. The van der Waals surface area contributed by atoms with E-state index >= 15 is 0 Å². The standard InChI is InChI=1S/C12H21BrN2O2S2/c1-4-7-15(5-2)8-6-14-19(16,17)11-9-12(13)18-10(11)3/h9,14H,4-8H2,1-3H3. The minimum atomic E-state index is -3.39. The number of nitrogens with zero attached hydrogens (tertiary/aromatic N) is 1. The molecule has 1 heterocycles. The van der Waals surface area contributed by atoms with Gasteiger partial charge in [0.15, 0.2) is 0 Å². The average molecular weight is 369 g/mol. The molecule has 0 saturated heterocycles. The molecule has 0 saturated carbocycles. The molecule has 4 nitrogen and oxygen atoms in total. The summed E-state index contributed by atoms with van der Waals surface area (Å²) in [5.74, 6) is 0. The third-order valence-corrected chi connectivity index (χ3v) is 6.11. The predicted octanol–water partition coefficient (Wildman–Crippen LogP) is 2.83. The Labute approximate surface area is 128 Å². The summed E-state index contributed by atoms with van der Waals surface area (Å²) in [6, 6.07) is 1.66. The van der Waals surface area contributed by atoms with Crippen molar-refractivity contribution in [1.82, 2.24) is 9.62 Å². The van der Waals surface area contributed by atoms with Crippen LogP contribution in [0.5, 0.6) is 0 Å². The number of sulfonamides is 1. The fourth-order valence-corrected chi connectivity index (χ4v) is 5.29. The molecule has 1 rings (SSSR count). The van der Waals surface area contributed by atoms with Crippen molar-refractivity contribution in [2.75, 3.05) is 26.2 Å². The normalized spacial score (nSPS) is 12.3. The first-order chi connectivity index (χ1) is 8.90. The van der Waals surface area contributed by atoms with Crippen LogP contribution in [0.15, 0.2) is 14.7 Å². The van der Waals surface area contributed by atoms with Crippen LogP contribution in [0.2, 0.25) is 0 Å². The van der Waals surface area contributed by atoms with Gasteiger partial charge in [-0.1, -0.05) is 13.8 Å². The van der Waals surface area contributed by atoms with Crippen LogP contribution < -0.4 is 4.72 Å². The molecule has 1 aromatic heterocycles. The molecule has 0 aliphatic carbocycles. The lowest BCUT2D eigenvalue weighted by molar-refractivity contribution is 0.293. The zero-order valence-electron chi connectivity index (χ0n) is 11.6. The lowest BCUT2D eigenvalue weighted by Gasteiger charge is -2.19. The van der Waals surface area contributed by atoms with Crippen molar-refractivity contribution >= 4 is 37.3 Å². The van der Waals surface area contributed by atoms with E-state index in [0.29, 0.717) is 11.4 Å². The second kappa shape index (κ2) is 7.73. The molecule has 19 heavy (non-hydrogen) atoms. The van der Waals surface area contributed by atoms with Crippen LogP contribution in [0.25, 0.3) is 0 Å². The van der Waals surface area contributed by atoms with Crippen molar-refractivity contribution in [3.63, 3.8) is 0 Å². The van der Waals surface area contributed by atoms with Crippen LogP contribution in [-0.4, -0.2) is 39.5 Å². The van der Waals surface area contributed by atoms with Crippen molar-refractivity contribution in [2.45, 2.75) is 32.1 Å². The van der Waals surface area contributed by atoms with Gasteiger partial charge in [0.25, 0.3) is 0 Å². The van der Waals surface area contributed by atoms with Crippen molar-refractivity contribution in [3.05, 3.63) is 14.7 Å². The Morgan fingerprint density at radius 3 is 2.53 bits per heavy atom. The number of hydrogen-bond acceptors (Lipinski definition) is 4. The molecule has 7 heteroatoms. The highest BCUT2D eigenvalue weighted by Gasteiger charge is 2.19. The summed E-state index contributed by atoms with van der Waals surface area (Å²) in [6.45, 7) is 9.17. The van der Waals surface area contributed by atoms with Crippen molar-refractivity contribution in [3.8, 4) is 0 Å². The van der Waals surface area contributed by atoms with Crippen LogP contribution in [-0.2, 0) is 10.0 Å². The summed E-state index contributed by atoms with van der Waals surface area (Å²) in [6.07, 6.45) is 1.08. The van der Waals surface area contributed by atoms with Crippen LogP contribution in [0, 0.1) is 6.92 Å². The van der Waals surface area contributed by atoms with Gasteiger partial charge in [0.1, 0.15) is 0 Å². The fraction of sp³-hybridized carbons (Fsp3) is 0.667. The summed E-state index contributed by atoms with van der Waals surface area (Å²) < 4.78 is 27.8. The van der Waals surface area contributed by atoms with E-state index in [4.69, 9.17) is 0 Å². The second-order valence-corrected chi connectivity index (χ2v) is 8.67. The number of thiophene rings is 1. The van der Waals surface area contributed by atoms with Gasteiger partial charge in [-0.2, -0.15) is 0 Å². The van der Waals surface area contributed by atoms with E-state index in [1.54, 1.807) is 6.07 Å². The Balaban J connectivity index is 2.59. The summed E-state index contributed by atoms with van der Waals surface area (Å²) >= 11 is 4.75. The Hall–Kier alpha value is 0.0500. The number of nitrogens with one attached hydrogen (secondary N) is 1. The first-order valence-electron chi connectivity index (χ1n) is 6.38. The molecule has 0 aromatic carbocycles. The third-order valence-electron chi connectivity index (χ3n) is 2.84. The highest BCUT2D eigenvalue weighted by atomic mass is 79.9. The fourth-order valence-electron chi connectivity index (χ4n) is 1.86. The molecular formula is C12H21BrN2O2S2. The van der Waals surface area contributed by atoms with Crippen LogP contribution in [0.1, 0.15) is 25.1 Å². The van der Waals surface area contributed by atoms with E-state index in [-0.39, 0.29) is 0 Å². The lowest BCUT2D eigenvalue weighted by Crippen LogP contribution is -2.35. The van der Waals surface area contributed by atoms with E-state index in [9.17, 15) is 8.42 Å². The van der Waals surface area contributed by atoms with Gasteiger partial charge in [-0.3, -0.25) is 0 Å². The topological polar surface area (TPSA) is 49.4 Å². The van der Waals surface area contributed by atoms with Gasteiger partial charge in [-0.15, -0.1) is 11.3 Å². The minimum Gasteiger partial charge on any atom is -0.302 e. The summed E-state index contributed by atoms with van der Waals surface area (Å²) in [4.78, 5) is 3.42. The van der Waals surface area contributed by atoms with E-state index < -0.39 is 10.0 Å². The molecular weight excluding hydrogens is 348 g/mol. The SMILES string of the molecule is CCCN(CC)CCNS(=O)(=O)c1cc(Br)sc1C. The van der Waals surface area contributed by atoms with Gasteiger partial charge in [0, 0.05) is 18.0 Å². The van der Waals surface area contributed by atoms with Crippen molar-refractivity contribution in [1.29, 1.82) is 0 Å². The van der Waals surface area contributed by atoms with Gasteiger partial charge in [0.05, 0.1) is 8.68 Å². The van der Waals surface area contributed by atoms with E-state index in [0.717, 1.165) is 34.7 Å². The monoisotopic (exact) mass is 368 g/mol. The quantitative estimate of drug-likeness (QED) is 0.767. The van der Waals surface area contributed by atoms with Crippen LogP contribution >= 0.6 is 27.3 Å². The molecule has 1 N–H and O–H groups in total. The lowest BCUT2D eigenvalue weighted by atomic mass is 10.4. The molecule has 0 radical (unpaired) electrons. The minimum absolute atomic E-state index is 0.378. The van der Waals surface area contributed by atoms with Gasteiger partial charge in [-0.05, 0) is 48.4 Å². The Kier molecular flexibility index (Phi) is 6.96. The van der Waals surface area contributed by atoms with Gasteiger partial charge in [0.2, 0.25) is 10.0 Å². The van der Waals surface area contributed by atoms with E-state index in [1.165, 1.54) is 11.3 Å². The van der Waals surface area contributed by atoms with Crippen LogP contribution in [0.4, 0.5) is 0 Å². The summed E-state index contributed by atoms with van der Waals surface area (Å²) in [5, 5.41) is 0. The summed E-state index contributed by atoms with van der Waals surface area (Å²) in [5.41, 5.74) is 0. The molecule has 110 valence electrons.